The van der Waals surface area contributed by atoms with Crippen LogP contribution in [0.3, 0.4) is 0 Å². The van der Waals surface area contributed by atoms with Gasteiger partial charge in [-0.1, -0.05) is 52.0 Å². The first kappa shape index (κ1) is 14.7. The first-order valence-electron chi connectivity index (χ1n) is 6.40. The fourth-order valence-electron chi connectivity index (χ4n) is 2.01. The fraction of sp³-hybridized carbons (Fsp3) is 0.533. The van der Waals surface area contributed by atoms with Crippen LogP contribution >= 0.6 is 0 Å². The summed E-state index contributed by atoms with van der Waals surface area (Å²) in [6, 6.07) is 7.24. The lowest BCUT2D eigenvalue weighted by molar-refractivity contribution is -0.165. The molecule has 0 fully saturated rings. The summed E-state index contributed by atoms with van der Waals surface area (Å²) in [4.78, 5) is 11.3. The molecule has 100 valence electrons. The van der Waals surface area contributed by atoms with Gasteiger partial charge in [0.2, 0.25) is 0 Å². The van der Waals surface area contributed by atoms with Crippen molar-refractivity contribution in [2.75, 3.05) is 0 Å². The van der Waals surface area contributed by atoms with Crippen molar-refractivity contribution in [3.63, 3.8) is 0 Å². The molecular formula is C15H22O3. The fourth-order valence-corrected chi connectivity index (χ4v) is 2.01. The number of carbonyl (C=O) groups is 1. The molecule has 0 spiro atoms. The predicted molar refractivity (Wildman–Crippen MR) is 71.5 cm³/mol. The third kappa shape index (κ3) is 2.56. The second-order valence-electron chi connectivity index (χ2n) is 5.16. The van der Waals surface area contributed by atoms with Crippen LogP contribution in [-0.2, 0) is 10.4 Å². The number of carboxylic acids is 1. The van der Waals surface area contributed by atoms with E-state index in [4.69, 9.17) is 0 Å². The number of hydrogen-bond donors (Lipinski definition) is 2. The van der Waals surface area contributed by atoms with E-state index in [2.05, 4.69) is 13.8 Å². The Balaban J connectivity index is 3.13. The second kappa shape index (κ2) is 5.53. The van der Waals surface area contributed by atoms with E-state index in [1.165, 1.54) is 0 Å². The van der Waals surface area contributed by atoms with Crippen LogP contribution in [0.25, 0.3) is 0 Å². The van der Waals surface area contributed by atoms with E-state index >= 15 is 0 Å². The van der Waals surface area contributed by atoms with Gasteiger partial charge < -0.3 is 10.2 Å². The molecule has 0 amide bonds. The van der Waals surface area contributed by atoms with Crippen LogP contribution in [-0.4, -0.2) is 16.2 Å². The predicted octanol–water partition coefficient (Wildman–Crippen LogP) is 3.13. The molecule has 0 saturated heterocycles. The zero-order valence-electron chi connectivity index (χ0n) is 11.5. The van der Waals surface area contributed by atoms with Gasteiger partial charge >= 0.3 is 5.97 Å². The summed E-state index contributed by atoms with van der Waals surface area (Å²) >= 11 is 0. The van der Waals surface area contributed by atoms with Gasteiger partial charge in [-0.2, -0.15) is 0 Å². The van der Waals surface area contributed by atoms with E-state index in [-0.39, 0.29) is 5.92 Å². The SMILES string of the molecule is CCC(C)c1ccc(C(O)(C(=O)O)C(C)C)cc1. The van der Waals surface area contributed by atoms with Gasteiger partial charge in [0.25, 0.3) is 0 Å². The lowest BCUT2D eigenvalue weighted by atomic mass is 9.82. The Kier molecular flexibility index (Phi) is 4.52. The minimum Gasteiger partial charge on any atom is -0.479 e. The van der Waals surface area contributed by atoms with Crippen LogP contribution in [0.2, 0.25) is 0 Å². The summed E-state index contributed by atoms with van der Waals surface area (Å²) in [5, 5.41) is 19.6. The molecule has 1 rings (SSSR count). The molecule has 0 aromatic heterocycles. The highest BCUT2D eigenvalue weighted by Gasteiger charge is 2.41. The molecule has 1 aromatic carbocycles. The lowest BCUT2D eigenvalue weighted by Gasteiger charge is -2.28. The van der Waals surface area contributed by atoms with Crippen molar-refractivity contribution in [3.8, 4) is 0 Å². The molecule has 0 aliphatic heterocycles. The van der Waals surface area contributed by atoms with Crippen LogP contribution in [0.1, 0.15) is 51.2 Å². The molecule has 0 heterocycles. The van der Waals surface area contributed by atoms with E-state index in [1.807, 2.05) is 12.1 Å². The Labute approximate surface area is 108 Å². The first-order valence-corrected chi connectivity index (χ1v) is 6.40. The van der Waals surface area contributed by atoms with Crippen molar-refractivity contribution in [2.45, 2.75) is 45.6 Å². The highest BCUT2D eigenvalue weighted by Crippen LogP contribution is 2.31. The number of hydrogen-bond acceptors (Lipinski definition) is 2. The van der Waals surface area contributed by atoms with Crippen molar-refractivity contribution in [1.82, 2.24) is 0 Å². The van der Waals surface area contributed by atoms with Gasteiger partial charge in [0.05, 0.1) is 0 Å². The Bertz CT molecular complexity index is 408. The third-order valence-electron chi connectivity index (χ3n) is 3.69. The Morgan fingerprint density at radius 3 is 2.06 bits per heavy atom. The Morgan fingerprint density at radius 1 is 1.22 bits per heavy atom. The molecule has 2 atom stereocenters. The summed E-state index contributed by atoms with van der Waals surface area (Å²) < 4.78 is 0. The summed E-state index contributed by atoms with van der Waals surface area (Å²) in [5.74, 6) is -1.14. The molecule has 1 aromatic rings. The van der Waals surface area contributed by atoms with E-state index in [0.717, 1.165) is 12.0 Å². The molecule has 18 heavy (non-hydrogen) atoms. The van der Waals surface area contributed by atoms with Crippen LogP contribution in [0, 0.1) is 5.92 Å². The van der Waals surface area contributed by atoms with Crippen molar-refractivity contribution in [1.29, 1.82) is 0 Å². The average molecular weight is 250 g/mol. The van der Waals surface area contributed by atoms with Gasteiger partial charge in [-0.25, -0.2) is 4.79 Å². The zero-order valence-corrected chi connectivity index (χ0v) is 11.5. The van der Waals surface area contributed by atoms with Gasteiger partial charge in [-0.3, -0.25) is 0 Å². The number of benzene rings is 1. The molecule has 3 heteroatoms. The van der Waals surface area contributed by atoms with Gasteiger partial charge in [0.1, 0.15) is 0 Å². The molecule has 3 nitrogen and oxygen atoms in total. The van der Waals surface area contributed by atoms with Crippen molar-refractivity contribution in [2.24, 2.45) is 5.92 Å². The number of rotatable bonds is 5. The minimum absolute atomic E-state index is 0.385. The Hall–Kier alpha value is -1.35. The van der Waals surface area contributed by atoms with Gasteiger partial charge in [0.15, 0.2) is 5.60 Å². The summed E-state index contributed by atoms with van der Waals surface area (Å²) in [7, 11) is 0. The molecule has 0 bridgehead atoms. The molecular weight excluding hydrogens is 228 g/mol. The normalized spacial score (nSPS) is 16.3. The quantitative estimate of drug-likeness (QED) is 0.844. The highest BCUT2D eigenvalue weighted by atomic mass is 16.4. The molecule has 0 radical (unpaired) electrons. The molecule has 0 aliphatic rings. The maximum atomic E-state index is 11.3. The van der Waals surface area contributed by atoms with E-state index in [9.17, 15) is 15.0 Å². The van der Waals surface area contributed by atoms with Crippen molar-refractivity contribution < 1.29 is 15.0 Å². The summed E-state index contributed by atoms with van der Waals surface area (Å²) in [6.45, 7) is 7.65. The first-order chi connectivity index (χ1) is 8.33. The van der Waals surface area contributed by atoms with E-state index in [0.29, 0.717) is 11.5 Å². The van der Waals surface area contributed by atoms with Gasteiger partial charge in [0, 0.05) is 0 Å². The monoisotopic (exact) mass is 250 g/mol. The zero-order chi connectivity index (χ0) is 13.9. The maximum Gasteiger partial charge on any atom is 0.340 e. The highest BCUT2D eigenvalue weighted by molar-refractivity contribution is 5.79. The van der Waals surface area contributed by atoms with Crippen LogP contribution in [0.5, 0.6) is 0 Å². The topological polar surface area (TPSA) is 57.5 Å². The molecule has 2 unspecified atom stereocenters. The minimum atomic E-state index is -1.81. The van der Waals surface area contributed by atoms with E-state index in [1.54, 1.807) is 26.0 Å². The molecule has 0 saturated carbocycles. The van der Waals surface area contributed by atoms with Crippen LogP contribution in [0.15, 0.2) is 24.3 Å². The Morgan fingerprint density at radius 2 is 1.72 bits per heavy atom. The second-order valence-corrected chi connectivity index (χ2v) is 5.16. The molecule has 0 aliphatic carbocycles. The largest absolute Gasteiger partial charge is 0.479 e. The van der Waals surface area contributed by atoms with Crippen molar-refractivity contribution in [3.05, 3.63) is 35.4 Å². The van der Waals surface area contributed by atoms with Gasteiger partial charge in [-0.05, 0) is 29.4 Å². The average Bonchev–Trinajstić information content (AvgIpc) is 2.36. The van der Waals surface area contributed by atoms with Gasteiger partial charge in [-0.15, -0.1) is 0 Å². The smallest absolute Gasteiger partial charge is 0.340 e. The number of carboxylic acid groups (broad SMARTS) is 1. The van der Waals surface area contributed by atoms with E-state index < -0.39 is 11.6 Å². The standard InChI is InChI=1S/C15H22O3/c1-5-11(4)12-6-8-13(9-7-12)15(18,10(2)3)14(16)17/h6-11,18H,5H2,1-4H3,(H,16,17). The van der Waals surface area contributed by atoms with Crippen molar-refractivity contribution >= 4 is 5.97 Å². The summed E-state index contributed by atoms with van der Waals surface area (Å²) in [5.41, 5.74) is -0.205. The maximum absolute atomic E-state index is 11.3. The number of aliphatic hydroxyl groups is 1. The van der Waals surface area contributed by atoms with Crippen LogP contribution < -0.4 is 0 Å². The molecule has 2 N–H and O–H groups in total. The van der Waals surface area contributed by atoms with Crippen LogP contribution in [0.4, 0.5) is 0 Å². The number of aliphatic carboxylic acids is 1. The summed E-state index contributed by atoms with van der Waals surface area (Å²) in [6.07, 6.45) is 1.03. The third-order valence-corrected chi connectivity index (χ3v) is 3.69. The lowest BCUT2D eigenvalue weighted by Crippen LogP contribution is -2.40.